The van der Waals surface area contributed by atoms with Gasteiger partial charge < -0.3 is 18.6 Å². The van der Waals surface area contributed by atoms with Gasteiger partial charge in [-0.25, -0.2) is 0 Å². The van der Waals surface area contributed by atoms with Gasteiger partial charge in [-0.05, 0) is 34.2 Å². The zero-order chi connectivity index (χ0) is 23.5. The van der Waals surface area contributed by atoms with Crippen molar-refractivity contribution in [1.29, 1.82) is 0 Å². The van der Waals surface area contributed by atoms with Crippen LogP contribution in [-0.2, 0) is 23.4 Å². The Morgan fingerprint density at radius 3 is 2.18 bits per heavy atom. The summed E-state index contributed by atoms with van der Waals surface area (Å²) in [6.07, 6.45) is 1.47. The second kappa shape index (κ2) is 10.1. The number of hydrogen-bond donors (Lipinski definition) is 0. The molecule has 6 heteroatoms. The molecule has 2 aromatic rings. The van der Waals surface area contributed by atoms with E-state index in [1.807, 2.05) is 0 Å². The number of rotatable bonds is 8. The van der Waals surface area contributed by atoms with E-state index >= 15 is 0 Å². The lowest BCUT2D eigenvalue weighted by atomic mass is 9.86. The molecule has 0 radical (unpaired) electrons. The third-order valence-electron chi connectivity index (χ3n) is 7.06. The molecule has 33 heavy (non-hydrogen) atoms. The lowest BCUT2D eigenvalue weighted by molar-refractivity contribution is -0.141. The highest BCUT2D eigenvalue weighted by Crippen LogP contribution is 2.43. The first-order chi connectivity index (χ1) is 15.8. The minimum absolute atomic E-state index is 0.0856. The summed E-state index contributed by atoms with van der Waals surface area (Å²) in [7, 11) is -2.64. The normalized spacial score (nSPS) is 25.1. The van der Waals surface area contributed by atoms with Crippen molar-refractivity contribution in [2.24, 2.45) is 11.8 Å². The predicted octanol–water partition coefficient (Wildman–Crippen LogP) is 3.89. The van der Waals surface area contributed by atoms with E-state index in [1.165, 1.54) is 17.3 Å². The van der Waals surface area contributed by atoms with Crippen LogP contribution in [0.3, 0.4) is 0 Å². The zero-order valence-electron chi connectivity index (χ0n) is 20.2. The summed E-state index contributed by atoms with van der Waals surface area (Å²) in [5, 5.41) is 2.43. The van der Waals surface area contributed by atoms with Crippen LogP contribution >= 0.6 is 0 Å². The lowest BCUT2D eigenvalue weighted by Gasteiger charge is -2.43. The molecular formula is C27H36O5Si. The number of ether oxygens (including phenoxy) is 3. The fourth-order valence-electron chi connectivity index (χ4n) is 5.56. The number of benzene rings is 2. The van der Waals surface area contributed by atoms with Crippen LogP contribution in [0.15, 0.2) is 60.7 Å². The average molecular weight is 469 g/mol. The third-order valence-corrected chi connectivity index (χ3v) is 12.1. The smallest absolute Gasteiger partial charge is 0.302 e. The van der Waals surface area contributed by atoms with Gasteiger partial charge in [0.1, 0.15) is 0 Å². The molecule has 0 unspecified atom stereocenters. The summed E-state index contributed by atoms with van der Waals surface area (Å²) < 4.78 is 24.6. The van der Waals surface area contributed by atoms with Crippen molar-refractivity contribution in [2.75, 3.05) is 19.8 Å². The van der Waals surface area contributed by atoms with E-state index in [-0.39, 0.29) is 29.3 Å². The van der Waals surface area contributed by atoms with Crippen molar-refractivity contribution in [2.45, 2.75) is 58.0 Å². The van der Waals surface area contributed by atoms with E-state index in [9.17, 15) is 4.79 Å². The third kappa shape index (κ3) is 4.94. The van der Waals surface area contributed by atoms with Gasteiger partial charge in [0.05, 0.1) is 25.9 Å². The van der Waals surface area contributed by atoms with Crippen molar-refractivity contribution in [1.82, 2.24) is 0 Å². The first-order valence-electron chi connectivity index (χ1n) is 12.0. The summed E-state index contributed by atoms with van der Waals surface area (Å²) in [5.74, 6) is 0.330. The van der Waals surface area contributed by atoms with Crippen molar-refractivity contribution >= 4 is 24.7 Å². The molecular weight excluding hydrogens is 432 g/mol. The lowest BCUT2D eigenvalue weighted by Crippen LogP contribution is -2.67. The van der Waals surface area contributed by atoms with Crippen molar-refractivity contribution in [3.63, 3.8) is 0 Å². The minimum Gasteiger partial charge on any atom is -0.466 e. The highest BCUT2D eigenvalue weighted by atomic mass is 28.4. The molecule has 4 rings (SSSR count). The standard InChI is InChI=1S/C27H36O5Si/c1-20(28)29-17-15-23-24-16-18-30-26(24)32-25(23)19-31-33(27(2,3)4,21-11-7-5-8-12-21)22-13-9-6-10-14-22/h5-14,23-26H,15-19H2,1-4H3/t23-,24+,25+,26-/m0/s1. The molecule has 2 aromatic carbocycles. The Bertz CT molecular complexity index is 872. The van der Waals surface area contributed by atoms with Gasteiger partial charge in [0.15, 0.2) is 6.29 Å². The number of carbonyl (C=O) groups is 1. The van der Waals surface area contributed by atoms with Crippen LogP contribution in [-0.4, -0.2) is 46.5 Å². The maximum atomic E-state index is 11.3. The summed E-state index contributed by atoms with van der Waals surface area (Å²) in [6.45, 7) is 9.93. The van der Waals surface area contributed by atoms with Crippen molar-refractivity contribution in [3.05, 3.63) is 60.7 Å². The Hall–Kier alpha value is -1.99. The average Bonchev–Trinajstić information content (AvgIpc) is 3.37. The minimum atomic E-state index is -2.64. The topological polar surface area (TPSA) is 54.0 Å². The Balaban J connectivity index is 1.63. The predicted molar refractivity (Wildman–Crippen MR) is 131 cm³/mol. The van der Waals surface area contributed by atoms with E-state index in [2.05, 4.69) is 81.4 Å². The number of fused-ring (bicyclic) bond motifs is 1. The molecule has 2 fully saturated rings. The van der Waals surface area contributed by atoms with Crippen LogP contribution in [0.4, 0.5) is 0 Å². The summed E-state index contributed by atoms with van der Waals surface area (Å²) >= 11 is 0. The SMILES string of the molecule is CC(=O)OCC[C@H]1[C@H]2CCO[C@H]2O[C@@H]1CO[Si](c1ccccc1)(c1ccccc1)C(C)(C)C. The molecule has 0 aromatic heterocycles. The van der Waals surface area contributed by atoms with Gasteiger partial charge in [-0.1, -0.05) is 81.4 Å². The Kier molecular flexibility index (Phi) is 7.39. The van der Waals surface area contributed by atoms with Crippen LogP contribution in [0.25, 0.3) is 0 Å². The van der Waals surface area contributed by atoms with Gasteiger partial charge in [-0.3, -0.25) is 4.79 Å². The van der Waals surface area contributed by atoms with Crippen LogP contribution in [0.5, 0.6) is 0 Å². The summed E-state index contributed by atoms with van der Waals surface area (Å²) in [4.78, 5) is 11.3. The van der Waals surface area contributed by atoms with Crippen molar-refractivity contribution in [3.8, 4) is 0 Å². The van der Waals surface area contributed by atoms with E-state index < -0.39 is 8.32 Å². The van der Waals surface area contributed by atoms with E-state index in [1.54, 1.807) is 0 Å². The van der Waals surface area contributed by atoms with Gasteiger partial charge in [0, 0.05) is 12.8 Å². The Morgan fingerprint density at radius 1 is 1.03 bits per heavy atom. The molecule has 0 spiro atoms. The molecule has 2 aliphatic rings. The Labute approximate surface area is 198 Å². The van der Waals surface area contributed by atoms with Gasteiger partial charge in [0.25, 0.3) is 8.32 Å². The maximum absolute atomic E-state index is 11.3. The van der Waals surface area contributed by atoms with Gasteiger partial charge >= 0.3 is 5.97 Å². The molecule has 178 valence electrons. The van der Waals surface area contributed by atoms with Gasteiger partial charge in [-0.2, -0.15) is 0 Å². The first kappa shape index (κ1) is 24.1. The molecule has 2 aliphatic heterocycles. The van der Waals surface area contributed by atoms with Crippen molar-refractivity contribution < 1.29 is 23.4 Å². The van der Waals surface area contributed by atoms with Crippen LogP contribution in [0.1, 0.15) is 40.5 Å². The van der Waals surface area contributed by atoms with Crippen LogP contribution in [0, 0.1) is 11.8 Å². The Morgan fingerprint density at radius 2 is 1.64 bits per heavy atom. The second-order valence-electron chi connectivity index (χ2n) is 10.1. The van der Waals surface area contributed by atoms with Crippen LogP contribution in [0.2, 0.25) is 5.04 Å². The first-order valence-corrected chi connectivity index (χ1v) is 13.9. The highest BCUT2D eigenvalue weighted by Gasteiger charge is 2.53. The highest BCUT2D eigenvalue weighted by molar-refractivity contribution is 6.99. The molecule has 0 bridgehead atoms. The fourth-order valence-corrected chi connectivity index (χ4v) is 10.1. The molecule has 0 aliphatic carbocycles. The van der Waals surface area contributed by atoms with E-state index in [0.29, 0.717) is 19.1 Å². The molecule has 0 saturated carbocycles. The van der Waals surface area contributed by atoms with Crippen LogP contribution < -0.4 is 10.4 Å². The summed E-state index contributed by atoms with van der Waals surface area (Å²) in [5.41, 5.74) is 0. The number of esters is 1. The molecule has 0 N–H and O–H groups in total. The molecule has 4 atom stereocenters. The monoisotopic (exact) mass is 468 g/mol. The largest absolute Gasteiger partial charge is 0.466 e. The molecule has 2 heterocycles. The van der Waals surface area contributed by atoms with E-state index in [0.717, 1.165) is 19.4 Å². The number of carbonyl (C=O) groups excluding carboxylic acids is 1. The quantitative estimate of drug-likeness (QED) is 0.435. The number of hydrogen-bond acceptors (Lipinski definition) is 5. The molecule has 0 amide bonds. The van der Waals surface area contributed by atoms with Gasteiger partial charge in [-0.15, -0.1) is 0 Å². The van der Waals surface area contributed by atoms with E-state index in [4.69, 9.17) is 18.6 Å². The zero-order valence-corrected chi connectivity index (χ0v) is 21.2. The molecule has 5 nitrogen and oxygen atoms in total. The second-order valence-corrected chi connectivity index (χ2v) is 14.4. The fraction of sp³-hybridized carbons (Fsp3) is 0.519. The maximum Gasteiger partial charge on any atom is 0.302 e. The van der Waals surface area contributed by atoms with Gasteiger partial charge in [0.2, 0.25) is 0 Å². The summed E-state index contributed by atoms with van der Waals surface area (Å²) in [6, 6.07) is 21.3. The molecule has 2 saturated heterocycles.